The van der Waals surface area contributed by atoms with Gasteiger partial charge in [-0.25, -0.2) is 4.79 Å². The summed E-state index contributed by atoms with van der Waals surface area (Å²) in [6.45, 7) is 4.94. The van der Waals surface area contributed by atoms with Crippen molar-refractivity contribution in [2.45, 2.75) is 44.8 Å². The average Bonchev–Trinajstić information content (AvgIpc) is 3.35. The molecule has 0 bridgehead atoms. The number of aliphatic carboxylic acids is 2. The van der Waals surface area contributed by atoms with Crippen molar-refractivity contribution in [3.05, 3.63) is 65.7 Å². The smallest absolute Gasteiger partial charge is 0.351 e. The van der Waals surface area contributed by atoms with E-state index in [1.165, 1.54) is 0 Å². The molecule has 33 heavy (non-hydrogen) atoms. The molecule has 0 radical (unpaired) electrons. The summed E-state index contributed by atoms with van der Waals surface area (Å²) in [5.74, 6) is -3.20. The molecule has 2 unspecified atom stereocenters. The van der Waals surface area contributed by atoms with Crippen LogP contribution in [0.1, 0.15) is 37.0 Å². The van der Waals surface area contributed by atoms with Crippen LogP contribution in [0.3, 0.4) is 0 Å². The van der Waals surface area contributed by atoms with Crippen LogP contribution in [0.4, 0.5) is 0 Å². The first-order valence-electron chi connectivity index (χ1n) is 10.8. The minimum atomic E-state index is -2.07. The summed E-state index contributed by atoms with van der Waals surface area (Å²) in [6, 6.07) is 17.9. The van der Waals surface area contributed by atoms with Crippen LogP contribution >= 0.6 is 0 Å². The van der Waals surface area contributed by atoms with Crippen molar-refractivity contribution in [1.29, 1.82) is 0 Å². The lowest BCUT2D eigenvalue weighted by atomic mass is 10.0. The Hall–Kier alpha value is -2.98. The zero-order valence-electron chi connectivity index (χ0n) is 18.6. The van der Waals surface area contributed by atoms with Gasteiger partial charge in [0.25, 0.3) is 0 Å². The summed E-state index contributed by atoms with van der Waals surface area (Å²) in [5, 5.41) is 29.1. The fraction of sp³-hybridized carbons (Fsp3) is 0.417. The maximum absolute atomic E-state index is 10.6. The summed E-state index contributed by atoms with van der Waals surface area (Å²) in [4.78, 5) is 18.0. The van der Waals surface area contributed by atoms with E-state index in [0.29, 0.717) is 19.8 Å². The van der Waals surface area contributed by atoms with E-state index in [2.05, 4.69) is 5.32 Å². The van der Waals surface area contributed by atoms with Gasteiger partial charge in [-0.1, -0.05) is 42.5 Å². The highest BCUT2D eigenvalue weighted by atomic mass is 16.7. The van der Waals surface area contributed by atoms with E-state index in [9.17, 15) is 5.11 Å². The van der Waals surface area contributed by atoms with Gasteiger partial charge in [0.1, 0.15) is 24.5 Å². The number of carbonyl (C=O) groups excluding carboxylic acids is 1. The van der Waals surface area contributed by atoms with E-state index in [4.69, 9.17) is 34.0 Å². The van der Waals surface area contributed by atoms with E-state index >= 15 is 0 Å². The van der Waals surface area contributed by atoms with Gasteiger partial charge in [-0.3, -0.25) is 0 Å². The Morgan fingerprint density at radius 2 is 1.73 bits per heavy atom. The number of ether oxygens (including phenoxy) is 3. The minimum absolute atomic E-state index is 0.0398. The first-order chi connectivity index (χ1) is 15.9. The van der Waals surface area contributed by atoms with Crippen molar-refractivity contribution in [2.75, 3.05) is 19.8 Å². The largest absolute Gasteiger partial charge is 0.539 e. The number of aliphatic hydroxyl groups excluding tert-OH is 1. The number of rotatable bonds is 10. The molecule has 2 atom stereocenters. The monoisotopic (exact) mass is 461 g/mol. The lowest BCUT2D eigenvalue weighted by Gasteiger charge is -2.18. The summed E-state index contributed by atoms with van der Waals surface area (Å²) in [5.41, 5.74) is 2.05. The highest BCUT2D eigenvalue weighted by Gasteiger charge is 2.20. The molecule has 9 heteroatoms. The number of carboxylic acids is 2. The van der Waals surface area contributed by atoms with Gasteiger partial charge in [-0.2, -0.15) is 0 Å². The van der Waals surface area contributed by atoms with Crippen molar-refractivity contribution in [3.8, 4) is 5.75 Å². The first kappa shape index (κ1) is 26.3. The van der Waals surface area contributed by atoms with Gasteiger partial charge >= 0.3 is 5.97 Å². The lowest BCUT2D eigenvalue weighted by molar-refractivity contribution is -0.694. The summed E-state index contributed by atoms with van der Waals surface area (Å²) < 4.78 is 16.7. The SMILES string of the molecule is CC([NH2+]CCCC1OCCO1)C(O)c1ccc(OCc2ccccc2)cc1.O=C([O-])C(=O)O. The van der Waals surface area contributed by atoms with Crippen LogP contribution < -0.4 is 15.2 Å². The van der Waals surface area contributed by atoms with E-state index in [0.717, 1.165) is 36.3 Å². The van der Waals surface area contributed by atoms with Gasteiger partial charge in [0.05, 0.1) is 19.8 Å². The maximum Gasteiger partial charge on any atom is 0.351 e. The lowest BCUT2D eigenvalue weighted by Crippen LogP contribution is -2.90. The van der Waals surface area contributed by atoms with Crippen LogP contribution in [0.5, 0.6) is 5.75 Å². The second-order valence-electron chi connectivity index (χ2n) is 7.58. The number of hydrogen-bond donors (Lipinski definition) is 3. The number of quaternary nitrogens is 1. The number of aliphatic hydroxyl groups is 1. The molecule has 1 saturated heterocycles. The molecule has 1 aliphatic rings. The van der Waals surface area contributed by atoms with E-state index in [1.807, 2.05) is 61.5 Å². The highest BCUT2D eigenvalue weighted by molar-refractivity contribution is 6.26. The molecule has 2 aromatic rings. The number of hydrogen-bond acceptors (Lipinski definition) is 7. The molecule has 4 N–H and O–H groups in total. The molecule has 0 amide bonds. The fourth-order valence-corrected chi connectivity index (χ4v) is 3.17. The molecule has 1 fully saturated rings. The topological polar surface area (TPSA) is 142 Å². The van der Waals surface area contributed by atoms with Gasteiger partial charge in [-0.05, 0) is 30.2 Å². The molecule has 1 heterocycles. The number of benzene rings is 2. The van der Waals surface area contributed by atoms with Gasteiger partial charge in [0.2, 0.25) is 0 Å². The summed E-state index contributed by atoms with van der Waals surface area (Å²) >= 11 is 0. The summed E-state index contributed by atoms with van der Waals surface area (Å²) in [6.07, 6.45) is 1.37. The van der Waals surface area contributed by atoms with Crippen LogP contribution in [-0.2, 0) is 25.7 Å². The Balaban J connectivity index is 0.000000569. The number of nitrogens with two attached hydrogens (primary N) is 1. The van der Waals surface area contributed by atoms with Crippen LogP contribution in [0, 0.1) is 0 Å². The minimum Gasteiger partial charge on any atom is -0.539 e. The molecule has 0 spiro atoms. The third kappa shape index (κ3) is 10.0. The molecule has 180 valence electrons. The normalized spacial score (nSPS) is 15.2. The van der Waals surface area contributed by atoms with Gasteiger partial charge < -0.3 is 39.6 Å². The summed E-state index contributed by atoms with van der Waals surface area (Å²) in [7, 11) is 0. The predicted molar refractivity (Wildman–Crippen MR) is 116 cm³/mol. The Labute approximate surface area is 192 Å². The zero-order valence-corrected chi connectivity index (χ0v) is 18.6. The molecule has 0 aromatic heterocycles. The standard InChI is InChI=1S/C22H29NO4.C2H2O4/c1-17(23-13-5-8-21-25-14-15-26-21)22(24)19-9-11-20(12-10-19)27-16-18-6-3-2-4-7-18;3-1(4)2(5)6/h2-4,6-7,9-12,17,21-24H,5,8,13-16H2,1H3;(H,3,4)(H,5,6). The third-order valence-corrected chi connectivity index (χ3v) is 5.02. The van der Waals surface area contributed by atoms with Crippen LogP contribution in [-0.4, -0.2) is 54.2 Å². The highest BCUT2D eigenvalue weighted by Crippen LogP contribution is 2.20. The molecular weight excluding hydrogens is 430 g/mol. The second kappa shape index (κ2) is 14.2. The quantitative estimate of drug-likeness (QED) is 0.337. The molecular formula is C24H31NO8. The van der Waals surface area contributed by atoms with Crippen molar-refractivity contribution in [1.82, 2.24) is 0 Å². The third-order valence-electron chi connectivity index (χ3n) is 5.02. The Morgan fingerprint density at radius 3 is 2.30 bits per heavy atom. The zero-order chi connectivity index (χ0) is 24.1. The Morgan fingerprint density at radius 1 is 1.12 bits per heavy atom. The van der Waals surface area contributed by atoms with Crippen molar-refractivity contribution in [3.63, 3.8) is 0 Å². The maximum atomic E-state index is 10.6. The average molecular weight is 462 g/mol. The van der Waals surface area contributed by atoms with Gasteiger partial charge in [0.15, 0.2) is 12.3 Å². The van der Waals surface area contributed by atoms with Gasteiger partial charge in [0, 0.05) is 12.8 Å². The molecule has 0 saturated carbocycles. The Bertz CT molecular complexity index is 825. The van der Waals surface area contributed by atoms with Crippen molar-refractivity contribution in [2.24, 2.45) is 0 Å². The van der Waals surface area contributed by atoms with Crippen LogP contribution in [0.15, 0.2) is 54.6 Å². The molecule has 3 rings (SSSR count). The fourth-order valence-electron chi connectivity index (χ4n) is 3.17. The second-order valence-corrected chi connectivity index (χ2v) is 7.58. The molecule has 0 aliphatic carbocycles. The van der Waals surface area contributed by atoms with Crippen molar-refractivity contribution < 1.29 is 44.4 Å². The number of carbonyl (C=O) groups is 2. The Kier molecular flexibility index (Phi) is 11.3. The number of carboxylic acid groups (broad SMARTS) is 2. The van der Waals surface area contributed by atoms with E-state index in [-0.39, 0.29) is 12.3 Å². The van der Waals surface area contributed by atoms with Gasteiger partial charge in [-0.15, -0.1) is 0 Å². The van der Waals surface area contributed by atoms with Crippen LogP contribution in [0.2, 0.25) is 0 Å². The van der Waals surface area contributed by atoms with Crippen molar-refractivity contribution >= 4 is 11.9 Å². The van der Waals surface area contributed by atoms with Crippen LogP contribution in [0.25, 0.3) is 0 Å². The predicted octanol–water partition coefficient (Wildman–Crippen LogP) is 0.225. The molecule has 2 aromatic carbocycles. The van der Waals surface area contributed by atoms with E-state index in [1.54, 1.807) is 0 Å². The van der Waals surface area contributed by atoms with E-state index < -0.39 is 18.0 Å². The molecule has 9 nitrogen and oxygen atoms in total. The molecule has 1 aliphatic heterocycles. The first-order valence-corrected chi connectivity index (χ1v) is 10.8.